The van der Waals surface area contributed by atoms with E-state index in [4.69, 9.17) is 5.11 Å². The monoisotopic (exact) mass is 256 g/mol. The highest BCUT2D eigenvalue weighted by Gasteiger charge is 2.31. The Bertz CT molecular complexity index is 343. The average molecular weight is 256 g/mol. The summed E-state index contributed by atoms with van der Waals surface area (Å²) in [7, 11) is 1.68. The lowest BCUT2D eigenvalue weighted by molar-refractivity contribution is -0.141. The first kappa shape index (κ1) is 14.5. The highest BCUT2D eigenvalue weighted by molar-refractivity contribution is 5.89. The predicted molar refractivity (Wildman–Crippen MR) is 64.8 cm³/mol. The van der Waals surface area contributed by atoms with Gasteiger partial charge in [0.15, 0.2) is 0 Å². The second-order valence-corrected chi connectivity index (χ2v) is 4.85. The van der Waals surface area contributed by atoms with Crippen LogP contribution in [-0.4, -0.2) is 47.9 Å². The Balaban J connectivity index is 2.18. The maximum atomic E-state index is 11.7. The van der Waals surface area contributed by atoms with Gasteiger partial charge in [0, 0.05) is 26.6 Å². The molecule has 0 spiro atoms. The Morgan fingerprint density at radius 1 is 1.56 bits per heavy atom. The highest BCUT2D eigenvalue weighted by Crippen LogP contribution is 2.15. The van der Waals surface area contributed by atoms with Gasteiger partial charge in [0.1, 0.15) is 0 Å². The molecular weight excluding hydrogens is 236 g/mol. The van der Waals surface area contributed by atoms with Crippen molar-refractivity contribution in [2.24, 2.45) is 11.8 Å². The minimum Gasteiger partial charge on any atom is -0.481 e. The van der Waals surface area contributed by atoms with E-state index in [1.807, 2.05) is 0 Å². The smallest absolute Gasteiger partial charge is 0.306 e. The molecule has 1 rings (SSSR count). The summed E-state index contributed by atoms with van der Waals surface area (Å²) in [6.45, 7) is 2.58. The summed E-state index contributed by atoms with van der Waals surface area (Å²) in [4.78, 5) is 35.1. The van der Waals surface area contributed by atoms with E-state index in [-0.39, 0.29) is 30.1 Å². The second-order valence-electron chi connectivity index (χ2n) is 4.85. The minimum atomic E-state index is -0.815. The van der Waals surface area contributed by atoms with E-state index in [0.29, 0.717) is 25.9 Å². The van der Waals surface area contributed by atoms with Crippen LogP contribution in [-0.2, 0) is 14.4 Å². The summed E-state index contributed by atoms with van der Waals surface area (Å²) in [5.41, 5.74) is 0. The molecule has 0 aromatic heterocycles. The van der Waals surface area contributed by atoms with Gasteiger partial charge in [-0.2, -0.15) is 0 Å². The van der Waals surface area contributed by atoms with E-state index in [2.05, 4.69) is 5.32 Å². The van der Waals surface area contributed by atoms with Crippen molar-refractivity contribution in [2.45, 2.75) is 26.2 Å². The van der Waals surface area contributed by atoms with Gasteiger partial charge < -0.3 is 15.3 Å². The molecule has 2 N–H and O–H groups in total. The summed E-state index contributed by atoms with van der Waals surface area (Å²) in [5, 5.41) is 11.4. The summed E-state index contributed by atoms with van der Waals surface area (Å²) in [6, 6.07) is 0. The molecule has 102 valence electrons. The summed E-state index contributed by atoms with van der Waals surface area (Å²) < 4.78 is 0. The van der Waals surface area contributed by atoms with E-state index in [0.717, 1.165) is 0 Å². The molecule has 2 unspecified atom stereocenters. The first-order valence-electron chi connectivity index (χ1n) is 6.16. The van der Waals surface area contributed by atoms with Crippen molar-refractivity contribution in [3.63, 3.8) is 0 Å². The van der Waals surface area contributed by atoms with Gasteiger partial charge in [-0.15, -0.1) is 0 Å². The number of carbonyl (C=O) groups is 3. The topological polar surface area (TPSA) is 86.7 Å². The van der Waals surface area contributed by atoms with Crippen LogP contribution in [0.5, 0.6) is 0 Å². The first-order valence-corrected chi connectivity index (χ1v) is 6.16. The maximum Gasteiger partial charge on any atom is 0.306 e. The molecular formula is C12H20N2O4. The van der Waals surface area contributed by atoms with Gasteiger partial charge in [-0.1, -0.05) is 6.92 Å². The number of carboxylic acids is 1. The lowest BCUT2D eigenvalue weighted by Gasteiger charge is -2.11. The van der Waals surface area contributed by atoms with Gasteiger partial charge in [-0.05, 0) is 12.8 Å². The molecule has 2 amide bonds. The number of hydrogen-bond acceptors (Lipinski definition) is 3. The number of nitrogens with one attached hydrogen (secondary N) is 1. The van der Waals surface area contributed by atoms with Crippen molar-refractivity contribution < 1.29 is 19.5 Å². The van der Waals surface area contributed by atoms with Gasteiger partial charge >= 0.3 is 5.97 Å². The van der Waals surface area contributed by atoms with Crippen LogP contribution in [0.4, 0.5) is 0 Å². The fourth-order valence-electron chi connectivity index (χ4n) is 1.93. The molecule has 1 fully saturated rings. The number of rotatable bonds is 6. The van der Waals surface area contributed by atoms with E-state index >= 15 is 0 Å². The van der Waals surface area contributed by atoms with Crippen LogP contribution in [0, 0.1) is 11.8 Å². The third-order valence-electron chi connectivity index (χ3n) is 3.25. The number of carbonyl (C=O) groups excluding carboxylic acids is 2. The summed E-state index contributed by atoms with van der Waals surface area (Å²) in [6.07, 6.45) is 1.45. The van der Waals surface area contributed by atoms with Crippen molar-refractivity contribution >= 4 is 17.8 Å². The normalized spacial score (nSPS) is 20.9. The molecule has 0 aromatic rings. The van der Waals surface area contributed by atoms with Gasteiger partial charge in [0.2, 0.25) is 11.8 Å². The Kier molecular flexibility index (Phi) is 5.12. The van der Waals surface area contributed by atoms with Crippen molar-refractivity contribution in [3.05, 3.63) is 0 Å². The molecule has 0 aromatic carbocycles. The molecule has 18 heavy (non-hydrogen) atoms. The van der Waals surface area contributed by atoms with Crippen molar-refractivity contribution in [1.82, 2.24) is 10.2 Å². The Hall–Kier alpha value is -1.59. The SMILES string of the molecule is CC(CCCNC(=O)C1CC(=O)N(C)C1)C(=O)O. The summed E-state index contributed by atoms with van der Waals surface area (Å²) >= 11 is 0. The third-order valence-corrected chi connectivity index (χ3v) is 3.25. The number of carboxylic acid groups (broad SMARTS) is 1. The van der Waals surface area contributed by atoms with Crippen LogP contribution in [0.3, 0.4) is 0 Å². The zero-order chi connectivity index (χ0) is 13.7. The highest BCUT2D eigenvalue weighted by atomic mass is 16.4. The zero-order valence-corrected chi connectivity index (χ0v) is 10.8. The Morgan fingerprint density at radius 3 is 2.72 bits per heavy atom. The number of hydrogen-bond donors (Lipinski definition) is 2. The molecule has 1 saturated heterocycles. The lowest BCUT2D eigenvalue weighted by Crippen LogP contribution is -2.33. The predicted octanol–water partition coefficient (Wildman–Crippen LogP) is 0.0818. The van der Waals surface area contributed by atoms with Crippen LogP contribution >= 0.6 is 0 Å². The fraction of sp³-hybridized carbons (Fsp3) is 0.750. The van der Waals surface area contributed by atoms with Gasteiger partial charge in [0.25, 0.3) is 0 Å². The van der Waals surface area contributed by atoms with Gasteiger partial charge in [0.05, 0.1) is 11.8 Å². The van der Waals surface area contributed by atoms with Crippen LogP contribution in [0.15, 0.2) is 0 Å². The molecule has 6 heteroatoms. The Morgan fingerprint density at radius 2 is 2.22 bits per heavy atom. The van der Waals surface area contributed by atoms with Crippen LogP contribution in [0.25, 0.3) is 0 Å². The molecule has 0 radical (unpaired) electrons. The van der Waals surface area contributed by atoms with E-state index in [1.54, 1.807) is 18.9 Å². The minimum absolute atomic E-state index is 0.00495. The fourth-order valence-corrected chi connectivity index (χ4v) is 1.93. The van der Waals surface area contributed by atoms with Crippen molar-refractivity contribution in [1.29, 1.82) is 0 Å². The number of nitrogens with zero attached hydrogens (tertiary/aromatic N) is 1. The van der Waals surface area contributed by atoms with Crippen molar-refractivity contribution in [2.75, 3.05) is 20.1 Å². The summed E-state index contributed by atoms with van der Waals surface area (Å²) in [5.74, 6) is -1.59. The quantitative estimate of drug-likeness (QED) is 0.659. The van der Waals surface area contributed by atoms with Crippen LogP contribution < -0.4 is 5.32 Å². The second kappa shape index (κ2) is 6.37. The third kappa shape index (κ3) is 4.01. The largest absolute Gasteiger partial charge is 0.481 e. The Labute approximate surface area is 106 Å². The lowest BCUT2D eigenvalue weighted by atomic mass is 10.1. The standard InChI is InChI=1S/C12H20N2O4/c1-8(12(17)18)4-3-5-13-11(16)9-6-10(15)14(2)7-9/h8-9H,3-7H2,1-2H3,(H,13,16)(H,17,18). The molecule has 1 aliphatic heterocycles. The molecule has 0 aliphatic carbocycles. The molecule has 1 heterocycles. The molecule has 6 nitrogen and oxygen atoms in total. The molecule has 1 aliphatic rings. The molecule has 0 bridgehead atoms. The van der Waals surface area contributed by atoms with Gasteiger partial charge in [-0.25, -0.2) is 0 Å². The maximum absolute atomic E-state index is 11.7. The molecule has 2 atom stereocenters. The average Bonchev–Trinajstić information content (AvgIpc) is 2.64. The van der Waals surface area contributed by atoms with E-state index < -0.39 is 5.97 Å². The first-order chi connectivity index (χ1) is 8.41. The van der Waals surface area contributed by atoms with Crippen LogP contribution in [0.1, 0.15) is 26.2 Å². The molecule has 0 saturated carbocycles. The van der Waals surface area contributed by atoms with E-state index in [1.165, 1.54) is 0 Å². The van der Waals surface area contributed by atoms with Gasteiger partial charge in [-0.3, -0.25) is 14.4 Å². The zero-order valence-electron chi connectivity index (χ0n) is 10.8. The van der Waals surface area contributed by atoms with Crippen molar-refractivity contribution in [3.8, 4) is 0 Å². The number of aliphatic carboxylic acids is 1. The number of amides is 2. The number of likely N-dealkylation sites (tertiary alicyclic amines) is 1. The van der Waals surface area contributed by atoms with Crippen LogP contribution in [0.2, 0.25) is 0 Å². The van der Waals surface area contributed by atoms with E-state index in [9.17, 15) is 14.4 Å².